The number of anilines is 1. The van der Waals surface area contributed by atoms with Gasteiger partial charge < -0.3 is 20.1 Å². The molecule has 12 nitrogen and oxygen atoms in total. The number of rotatable bonds is 12. The maximum absolute atomic E-state index is 13.4. The van der Waals surface area contributed by atoms with E-state index in [0.29, 0.717) is 11.4 Å². The van der Waals surface area contributed by atoms with Gasteiger partial charge in [-0.2, -0.15) is 8.42 Å². The molecule has 0 saturated carbocycles. The molecule has 14 heteroatoms. The first-order valence-corrected chi connectivity index (χ1v) is 14.6. The monoisotopic (exact) mass is 589 g/mol. The summed E-state index contributed by atoms with van der Waals surface area (Å²) in [5.41, 5.74) is 2.74. The molecule has 1 heterocycles. The SMILES string of the molecule is CCc1csc([C@H](Cc2ccc(NS(=O)(=O)NC(=O)OC)cc2)NC(=O)[C@H](Cc2ccccc2)NC(=O)OC)n1. The number of aryl methyl sites for hydroxylation is 1. The largest absolute Gasteiger partial charge is 0.453 e. The number of hydrogen-bond acceptors (Lipinski definition) is 9. The first-order chi connectivity index (χ1) is 19.1. The Morgan fingerprint density at radius 2 is 1.55 bits per heavy atom. The number of nitrogens with zero attached hydrogens (tertiary/aromatic N) is 1. The molecule has 0 saturated heterocycles. The van der Waals surface area contributed by atoms with Gasteiger partial charge in [0, 0.05) is 11.8 Å². The first kappa shape index (κ1) is 30.4. The van der Waals surface area contributed by atoms with Crippen molar-refractivity contribution in [3.05, 3.63) is 81.8 Å². The van der Waals surface area contributed by atoms with E-state index in [2.05, 4.69) is 25.1 Å². The van der Waals surface area contributed by atoms with Gasteiger partial charge in [-0.15, -0.1) is 11.3 Å². The molecular formula is C26H31N5O7S2. The number of alkyl carbamates (subject to hydrolysis) is 1. The number of aromatic nitrogens is 1. The second-order valence-electron chi connectivity index (χ2n) is 8.57. The minimum Gasteiger partial charge on any atom is -0.453 e. The maximum Gasteiger partial charge on any atom is 0.422 e. The second kappa shape index (κ2) is 14.3. The predicted molar refractivity (Wildman–Crippen MR) is 150 cm³/mol. The lowest BCUT2D eigenvalue weighted by atomic mass is 10.0. The summed E-state index contributed by atoms with van der Waals surface area (Å²) in [5, 5.41) is 8.23. The van der Waals surface area contributed by atoms with E-state index < -0.39 is 40.4 Å². The lowest BCUT2D eigenvalue weighted by Crippen LogP contribution is -2.49. The number of carbonyl (C=O) groups is 3. The van der Waals surface area contributed by atoms with Crippen LogP contribution in [0.5, 0.6) is 0 Å². The van der Waals surface area contributed by atoms with Gasteiger partial charge in [-0.3, -0.25) is 9.52 Å². The molecule has 0 bridgehead atoms. The Labute approximate surface area is 236 Å². The second-order valence-corrected chi connectivity index (χ2v) is 10.9. The van der Waals surface area contributed by atoms with Crippen LogP contribution in [-0.2, 0) is 43.7 Å². The van der Waals surface area contributed by atoms with Crippen LogP contribution >= 0.6 is 11.3 Å². The number of thiazole rings is 1. The van der Waals surface area contributed by atoms with Crippen molar-refractivity contribution in [1.82, 2.24) is 20.3 Å². The molecule has 214 valence electrons. The molecule has 2 atom stereocenters. The summed E-state index contributed by atoms with van der Waals surface area (Å²) in [6, 6.07) is 14.3. The molecular weight excluding hydrogens is 558 g/mol. The summed E-state index contributed by atoms with van der Waals surface area (Å²) in [6.07, 6.45) is -0.529. The van der Waals surface area contributed by atoms with Crippen molar-refractivity contribution >= 4 is 45.3 Å². The summed E-state index contributed by atoms with van der Waals surface area (Å²) >= 11 is 1.41. The van der Waals surface area contributed by atoms with E-state index in [0.717, 1.165) is 30.4 Å². The van der Waals surface area contributed by atoms with Gasteiger partial charge in [0.1, 0.15) is 11.0 Å². The molecule has 0 unspecified atom stereocenters. The molecule has 3 amide bonds. The van der Waals surface area contributed by atoms with E-state index in [4.69, 9.17) is 4.74 Å². The summed E-state index contributed by atoms with van der Waals surface area (Å²) in [6.45, 7) is 1.98. The summed E-state index contributed by atoms with van der Waals surface area (Å²) in [7, 11) is -1.89. The minimum atomic E-state index is -4.17. The predicted octanol–water partition coefficient (Wildman–Crippen LogP) is 3.09. The van der Waals surface area contributed by atoms with Gasteiger partial charge in [-0.1, -0.05) is 49.4 Å². The van der Waals surface area contributed by atoms with Crippen LogP contribution in [0.3, 0.4) is 0 Å². The molecule has 0 spiro atoms. The number of carbonyl (C=O) groups excluding carboxylic acids is 3. The Morgan fingerprint density at radius 3 is 2.15 bits per heavy atom. The number of amides is 3. The fourth-order valence-corrected chi connectivity index (χ4v) is 5.41. The van der Waals surface area contributed by atoms with Crippen LogP contribution in [0, 0.1) is 0 Å². The zero-order valence-electron chi connectivity index (χ0n) is 22.2. The molecule has 0 aliphatic heterocycles. The lowest BCUT2D eigenvalue weighted by Gasteiger charge is -2.22. The van der Waals surface area contributed by atoms with E-state index in [1.807, 2.05) is 42.6 Å². The lowest BCUT2D eigenvalue weighted by molar-refractivity contribution is -0.123. The fraction of sp³-hybridized carbons (Fsp3) is 0.308. The van der Waals surface area contributed by atoms with Gasteiger partial charge in [0.05, 0.1) is 31.6 Å². The molecule has 0 aliphatic carbocycles. The number of methoxy groups -OCH3 is 2. The standard InChI is InChI=1S/C26H31N5O7S2/c1-4-19-16-39-24(27-19)22(15-18-10-12-20(13-11-18)30-40(35,36)31-26(34)38-3)28-23(32)21(29-25(33)37-2)14-17-8-6-5-7-9-17/h5-13,16,21-22,30H,4,14-15H2,1-3H3,(H,28,32)(H,29,33)(H,31,34)/t21-,22-/m0/s1. The molecule has 1 aromatic heterocycles. The Kier molecular flexibility index (Phi) is 10.8. The highest BCUT2D eigenvalue weighted by atomic mass is 32.2. The molecule has 4 N–H and O–H groups in total. The number of benzene rings is 2. The van der Waals surface area contributed by atoms with Crippen LogP contribution in [0.2, 0.25) is 0 Å². The molecule has 0 aliphatic rings. The summed E-state index contributed by atoms with van der Waals surface area (Å²) in [4.78, 5) is 41.3. The molecule has 3 aromatic rings. The van der Waals surface area contributed by atoms with Gasteiger partial charge in [-0.25, -0.2) is 19.3 Å². The zero-order chi connectivity index (χ0) is 29.1. The van der Waals surface area contributed by atoms with Gasteiger partial charge in [0.25, 0.3) is 0 Å². The van der Waals surface area contributed by atoms with E-state index in [9.17, 15) is 22.8 Å². The van der Waals surface area contributed by atoms with Crippen LogP contribution in [0.1, 0.15) is 34.8 Å². The van der Waals surface area contributed by atoms with Crippen LogP contribution < -0.4 is 20.1 Å². The van der Waals surface area contributed by atoms with Crippen molar-refractivity contribution in [1.29, 1.82) is 0 Å². The third kappa shape index (κ3) is 9.24. The van der Waals surface area contributed by atoms with Crippen LogP contribution in [-0.4, -0.2) is 51.8 Å². The minimum absolute atomic E-state index is 0.216. The van der Waals surface area contributed by atoms with Crippen LogP contribution in [0.15, 0.2) is 60.0 Å². The third-order valence-electron chi connectivity index (χ3n) is 5.67. The van der Waals surface area contributed by atoms with Gasteiger partial charge in [0.2, 0.25) is 5.91 Å². The van der Waals surface area contributed by atoms with Crippen molar-refractivity contribution < 1.29 is 32.3 Å². The number of hydrogen-bond donors (Lipinski definition) is 4. The van der Waals surface area contributed by atoms with E-state index in [1.54, 1.807) is 16.9 Å². The van der Waals surface area contributed by atoms with Gasteiger partial charge in [-0.05, 0) is 36.1 Å². The average Bonchev–Trinajstić information content (AvgIpc) is 3.42. The van der Waals surface area contributed by atoms with Crippen molar-refractivity contribution in [3.8, 4) is 0 Å². The smallest absolute Gasteiger partial charge is 0.422 e. The zero-order valence-corrected chi connectivity index (χ0v) is 23.8. The number of nitrogens with one attached hydrogen (secondary N) is 4. The molecule has 2 aromatic carbocycles. The van der Waals surface area contributed by atoms with E-state index in [1.165, 1.54) is 30.6 Å². The maximum atomic E-state index is 13.4. The van der Waals surface area contributed by atoms with Crippen molar-refractivity contribution in [2.45, 2.75) is 38.3 Å². The van der Waals surface area contributed by atoms with E-state index in [-0.39, 0.29) is 12.1 Å². The normalized spacial score (nSPS) is 12.5. The summed E-state index contributed by atoms with van der Waals surface area (Å²) in [5.74, 6) is -0.411. The first-order valence-electron chi connectivity index (χ1n) is 12.2. The molecule has 0 radical (unpaired) electrons. The quantitative estimate of drug-likeness (QED) is 0.250. The van der Waals surface area contributed by atoms with Crippen molar-refractivity contribution in [2.24, 2.45) is 0 Å². The number of ether oxygens (including phenoxy) is 2. The highest BCUT2D eigenvalue weighted by Crippen LogP contribution is 2.24. The van der Waals surface area contributed by atoms with Crippen LogP contribution in [0.25, 0.3) is 0 Å². The van der Waals surface area contributed by atoms with Crippen LogP contribution in [0.4, 0.5) is 15.3 Å². The average molecular weight is 590 g/mol. The Bertz CT molecular complexity index is 1400. The molecule has 40 heavy (non-hydrogen) atoms. The third-order valence-corrected chi connectivity index (χ3v) is 7.62. The van der Waals surface area contributed by atoms with Crippen molar-refractivity contribution in [3.63, 3.8) is 0 Å². The van der Waals surface area contributed by atoms with Gasteiger partial charge >= 0.3 is 22.4 Å². The van der Waals surface area contributed by atoms with Crippen molar-refractivity contribution in [2.75, 3.05) is 18.9 Å². The molecule has 3 rings (SSSR count). The molecule has 0 fully saturated rings. The highest BCUT2D eigenvalue weighted by molar-refractivity contribution is 7.91. The highest BCUT2D eigenvalue weighted by Gasteiger charge is 2.26. The van der Waals surface area contributed by atoms with E-state index >= 15 is 0 Å². The topological polar surface area (TPSA) is 165 Å². The summed E-state index contributed by atoms with van der Waals surface area (Å²) < 4.78 is 37.1. The Balaban J connectivity index is 1.79. The Morgan fingerprint density at radius 1 is 0.900 bits per heavy atom. The van der Waals surface area contributed by atoms with Gasteiger partial charge in [0.15, 0.2) is 0 Å². The fourth-order valence-electron chi connectivity index (χ4n) is 3.65. The Hall–Kier alpha value is -4.17.